The average Bonchev–Trinajstić information content (AvgIpc) is 3.11. The number of nitrogens with one attached hydrogen (secondary N) is 1. The summed E-state index contributed by atoms with van der Waals surface area (Å²) in [6.07, 6.45) is 2.55. The maximum absolute atomic E-state index is 12.2. The van der Waals surface area contributed by atoms with Crippen LogP contribution in [0.25, 0.3) is 0 Å². The molecular formula is C15H20N2O2. The molecule has 2 N–H and O–H groups in total. The molecule has 0 spiro atoms. The maximum Gasteiger partial charge on any atom is 0.231 e. The molecule has 1 fully saturated rings. The quantitative estimate of drug-likeness (QED) is 0.832. The Balaban J connectivity index is 1.83. The Kier molecular flexibility index (Phi) is 3.07. The minimum atomic E-state index is -0.0269. The van der Waals surface area contributed by atoms with Crippen LogP contribution in [0.4, 0.5) is 5.69 Å². The molecule has 0 saturated heterocycles. The number of hydrogen-bond donors (Lipinski definition) is 2. The number of carbonyl (C=O) groups excluding carboxylic acids is 1. The molecule has 1 heterocycles. The number of rotatable bonds is 5. The summed E-state index contributed by atoms with van der Waals surface area (Å²) in [7, 11) is 1.92. The molecule has 0 radical (unpaired) electrons. The number of fused-ring (bicyclic) bond motifs is 1. The van der Waals surface area contributed by atoms with Crippen LogP contribution in [0.5, 0.6) is 0 Å². The van der Waals surface area contributed by atoms with Gasteiger partial charge in [0.05, 0.1) is 13.0 Å². The third-order valence-electron chi connectivity index (χ3n) is 4.24. The molecule has 0 aromatic heterocycles. The zero-order chi connectivity index (χ0) is 13.5. The van der Waals surface area contributed by atoms with Crippen LogP contribution in [0, 0.1) is 5.41 Å². The van der Waals surface area contributed by atoms with Crippen LogP contribution in [-0.2, 0) is 17.8 Å². The summed E-state index contributed by atoms with van der Waals surface area (Å²) >= 11 is 0. The summed E-state index contributed by atoms with van der Waals surface area (Å²) in [5.41, 5.74) is 3.33. The van der Waals surface area contributed by atoms with Crippen LogP contribution in [0.2, 0.25) is 0 Å². The zero-order valence-electron chi connectivity index (χ0n) is 11.3. The molecular weight excluding hydrogens is 240 g/mol. The van der Waals surface area contributed by atoms with E-state index in [0.29, 0.717) is 13.0 Å². The fraction of sp³-hybridized carbons (Fsp3) is 0.533. The molecule has 0 unspecified atom stereocenters. The highest BCUT2D eigenvalue weighted by atomic mass is 16.3. The van der Waals surface area contributed by atoms with E-state index in [1.807, 2.05) is 18.0 Å². The van der Waals surface area contributed by atoms with Crippen LogP contribution in [0.3, 0.4) is 0 Å². The van der Waals surface area contributed by atoms with Crippen molar-refractivity contribution in [2.24, 2.45) is 5.41 Å². The minimum absolute atomic E-state index is 0.0269. The molecule has 19 heavy (non-hydrogen) atoms. The lowest BCUT2D eigenvalue weighted by atomic mass is 10.1. The lowest BCUT2D eigenvalue weighted by Gasteiger charge is -2.23. The summed E-state index contributed by atoms with van der Waals surface area (Å²) in [6, 6.07) is 6.22. The van der Waals surface area contributed by atoms with Gasteiger partial charge in [-0.25, -0.2) is 0 Å². The van der Waals surface area contributed by atoms with Gasteiger partial charge >= 0.3 is 0 Å². The number of aliphatic hydroxyl groups is 1. The Morgan fingerprint density at radius 3 is 2.84 bits per heavy atom. The van der Waals surface area contributed by atoms with Gasteiger partial charge in [-0.2, -0.15) is 0 Å². The van der Waals surface area contributed by atoms with Crippen molar-refractivity contribution in [3.63, 3.8) is 0 Å². The Morgan fingerprint density at radius 2 is 2.21 bits per heavy atom. The highest BCUT2D eigenvalue weighted by Crippen LogP contribution is 2.47. The molecule has 102 valence electrons. The van der Waals surface area contributed by atoms with Crippen molar-refractivity contribution in [1.29, 1.82) is 0 Å². The Labute approximate surface area is 113 Å². The summed E-state index contributed by atoms with van der Waals surface area (Å²) in [6.45, 7) is 1.67. The van der Waals surface area contributed by atoms with Crippen molar-refractivity contribution in [3.05, 3.63) is 29.3 Å². The van der Waals surface area contributed by atoms with Crippen molar-refractivity contribution in [3.8, 4) is 0 Å². The summed E-state index contributed by atoms with van der Waals surface area (Å²) in [4.78, 5) is 14.0. The highest BCUT2D eigenvalue weighted by molar-refractivity contribution is 6.01. The van der Waals surface area contributed by atoms with Gasteiger partial charge in [-0.3, -0.25) is 4.79 Å². The number of nitrogens with zero attached hydrogens (tertiary/aromatic N) is 1. The van der Waals surface area contributed by atoms with Crippen LogP contribution >= 0.6 is 0 Å². The van der Waals surface area contributed by atoms with Gasteiger partial charge in [-0.15, -0.1) is 0 Å². The zero-order valence-corrected chi connectivity index (χ0v) is 11.3. The molecule has 0 bridgehead atoms. The molecule has 1 aliphatic carbocycles. The second kappa shape index (κ2) is 4.62. The minimum Gasteiger partial charge on any atom is -0.396 e. The molecule has 2 aliphatic rings. The molecule has 3 rings (SSSR count). The first-order valence-corrected chi connectivity index (χ1v) is 6.85. The Bertz CT molecular complexity index is 509. The standard InChI is InChI=1S/C15H20N2O2/c1-16-8-11-2-3-13-12(6-11)7-14(19)17(13)9-15(10-18)4-5-15/h2-3,6,16,18H,4-5,7-10H2,1H3. The Hall–Kier alpha value is -1.39. The van der Waals surface area contributed by atoms with Gasteiger partial charge in [0, 0.05) is 24.2 Å². The van der Waals surface area contributed by atoms with Gasteiger partial charge in [0.1, 0.15) is 0 Å². The first kappa shape index (κ1) is 12.6. The lowest BCUT2D eigenvalue weighted by molar-refractivity contribution is -0.117. The van der Waals surface area contributed by atoms with E-state index in [1.54, 1.807) is 0 Å². The topological polar surface area (TPSA) is 52.6 Å². The van der Waals surface area contributed by atoms with Crippen molar-refractivity contribution in [2.45, 2.75) is 25.8 Å². The third kappa shape index (κ3) is 2.26. The largest absolute Gasteiger partial charge is 0.396 e. The molecule has 1 saturated carbocycles. The fourth-order valence-electron chi connectivity index (χ4n) is 2.80. The predicted molar refractivity (Wildman–Crippen MR) is 74.0 cm³/mol. The van der Waals surface area contributed by atoms with E-state index in [-0.39, 0.29) is 17.9 Å². The monoisotopic (exact) mass is 260 g/mol. The van der Waals surface area contributed by atoms with Gasteiger partial charge in [0.2, 0.25) is 5.91 Å². The van der Waals surface area contributed by atoms with Gasteiger partial charge in [-0.1, -0.05) is 12.1 Å². The third-order valence-corrected chi connectivity index (χ3v) is 4.24. The van der Waals surface area contributed by atoms with Gasteiger partial charge < -0.3 is 15.3 Å². The summed E-state index contributed by atoms with van der Waals surface area (Å²) in [5.74, 6) is 0.163. The van der Waals surface area contributed by atoms with E-state index in [4.69, 9.17) is 0 Å². The van der Waals surface area contributed by atoms with Crippen LogP contribution in [0.1, 0.15) is 24.0 Å². The molecule has 4 nitrogen and oxygen atoms in total. The second-order valence-electron chi connectivity index (χ2n) is 5.81. The fourth-order valence-corrected chi connectivity index (χ4v) is 2.80. The normalized spacial score (nSPS) is 19.7. The van der Waals surface area contributed by atoms with E-state index in [9.17, 15) is 9.90 Å². The lowest BCUT2D eigenvalue weighted by Crippen LogP contribution is -2.34. The smallest absolute Gasteiger partial charge is 0.231 e. The van der Waals surface area contributed by atoms with Gasteiger partial charge in [0.15, 0.2) is 0 Å². The number of hydrogen-bond acceptors (Lipinski definition) is 3. The Morgan fingerprint density at radius 1 is 1.42 bits per heavy atom. The SMILES string of the molecule is CNCc1ccc2c(c1)CC(=O)N2CC1(CO)CC1. The van der Waals surface area contributed by atoms with Crippen LogP contribution in [0.15, 0.2) is 18.2 Å². The maximum atomic E-state index is 12.2. The van der Waals surface area contributed by atoms with E-state index >= 15 is 0 Å². The van der Waals surface area contributed by atoms with E-state index in [1.165, 1.54) is 5.56 Å². The summed E-state index contributed by atoms with van der Waals surface area (Å²) in [5, 5.41) is 12.5. The number of amides is 1. The number of aliphatic hydroxyl groups excluding tert-OH is 1. The van der Waals surface area contributed by atoms with E-state index in [0.717, 1.165) is 30.6 Å². The van der Waals surface area contributed by atoms with Crippen molar-refractivity contribution >= 4 is 11.6 Å². The molecule has 0 atom stereocenters. The van der Waals surface area contributed by atoms with Crippen molar-refractivity contribution in [1.82, 2.24) is 5.32 Å². The molecule has 1 aromatic carbocycles. The van der Waals surface area contributed by atoms with Gasteiger partial charge in [0.25, 0.3) is 0 Å². The van der Waals surface area contributed by atoms with Crippen molar-refractivity contribution < 1.29 is 9.90 Å². The van der Waals surface area contributed by atoms with Crippen molar-refractivity contribution in [2.75, 3.05) is 25.1 Å². The molecule has 1 aromatic rings. The molecule has 1 amide bonds. The number of carbonyl (C=O) groups is 1. The summed E-state index contributed by atoms with van der Waals surface area (Å²) < 4.78 is 0. The first-order valence-electron chi connectivity index (χ1n) is 6.85. The van der Waals surface area contributed by atoms with E-state index in [2.05, 4.69) is 17.4 Å². The number of anilines is 1. The molecule has 4 heteroatoms. The van der Waals surface area contributed by atoms with Crippen LogP contribution in [-0.4, -0.2) is 31.2 Å². The van der Waals surface area contributed by atoms with Crippen LogP contribution < -0.4 is 10.2 Å². The second-order valence-corrected chi connectivity index (χ2v) is 5.81. The first-order chi connectivity index (χ1) is 9.17. The highest BCUT2D eigenvalue weighted by Gasteiger charge is 2.45. The molecule has 1 aliphatic heterocycles. The average molecular weight is 260 g/mol. The van der Waals surface area contributed by atoms with Gasteiger partial charge in [-0.05, 0) is 37.1 Å². The van der Waals surface area contributed by atoms with E-state index < -0.39 is 0 Å². The number of benzene rings is 1. The predicted octanol–water partition coefficient (Wildman–Crippen LogP) is 1.07.